The number of nitrogens with one attached hydrogen (secondary N) is 3. The zero-order chi connectivity index (χ0) is 18.0. The molecule has 0 saturated heterocycles. The Morgan fingerprint density at radius 2 is 1.84 bits per heavy atom. The molecule has 0 spiro atoms. The minimum absolute atomic E-state index is 0.0929. The molecule has 2 aromatic rings. The zero-order valence-electron chi connectivity index (χ0n) is 13.8. The highest BCUT2D eigenvalue weighted by Crippen LogP contribution is 2.37. The maximum absolute atomic E-state index is 12.5. The molecule has 7 heteroatoms. The average molecular weight is 339 g/mol. The van der Waals surface area contributed by atoms with Crippen molar-refractivity contribution in [3.8, 4) is 5.75 Å². The smallest absolute Gasteiger partial charge is 0.262 e. The van der Waals surface area contributed by atoms with Gasteiger partial charge in [-0.3, -0.25) is 14.4 Å². The highest BCUT2D eigenvalue weighted by atomic mass is 16.5. The summed E-state index contributed by atoms with van der Waals surface area (Å²) in [7, 11) is 0. The molecular formula is C18H17N3O4. The van der Waals surface area contributed by atoms with Gasteiger partial charge in [0.05, 0.1) is 11.4 Å². The summed E-state index contributed by atoms with van der Waals surface area (Å²) in [5.41, 5.74) is 2.95. The van der Waals surface area contributed by atoms with Crippen molar-refractivity contribution in [3.05, 3.63) is 47.5 Å². The van der Waals surface area contributed by atoms with Crippen LogP contribution in [0.5, 0.6) is 5.75 Å². The average Bonchev–Trinajstić information content (AvgIpc) is 2.54. The van der Waals surface area contributed by atoms with E-state index in [1.165, 1.54) is 6.92 Å². The Balaban J connectivity index is 1.81. The van der Waals surface area contributed by atoms with Crippen molar-refractivity contribution in [2.24, 2.45) is 0 Å². The largest absolute Gasteiger partial charge is 0.479 e. The number of carbonyl (C=O) groups excluding carboxylic acids is 3. The van der Waals surface area contributed by atoms with E-state index in [9.17, 15) is 14.4 Å². The quantitative estimate of drug-likeness (QED) is 0.800. The first kappa shape index (κ1) is 16.5. The van der Waals surface area contributed by atoms with Crippen molar-refractivity contribution in [3.63, 3.8) is 0 Å². The highest BCUT2D eigenvalue weighted by Gasteiger charge is 2.21. The Morgan fingerprint density at radius 1 is 1.12 bits per heavy atom. The minimum atomic E-state index is -0.317. The van der Waals surface area contributed by atoms with E-state index in [1.807, 2.05) is 6.92 Å². The molecule has 2 aromatic carbocycles. The van der Waals surface area contributed by atoms with Crippen LogP contribution in [0.4, 0.5) is 17.1 Å². The third-order valence-corrected chi connectivity index (χ3v) is 3.57. The van der Waals surface area contributed by atoms with Crippen molar-refractivity contribution >= 4 is 34.8 Å². The SMILES string of the molecule is CC(=O)Nc1ccc(C(=O)Nc2cc(C)cc3c2OCC(=O)N3)cc1. The summed E-state index contributed by atoms with van der Waals surface area (Å²) in [6, 6.07) is 10.1. The van der Waals surface area contributed by atoms with Gasteiger partial charge < -0.3 is 20.7 Å². The number of rotatable bonds is 3. The number of hydrogen-bond donors (Lipinski definition) is 3. The summed E-state index contributed by atoms with van der Waals surface area (Å²) < 4.78 is 5.45. The second-order valence-corrected chi connectivity index (χ2v) is 5.74. The number of ether oxygens (including phenoxy) is 1. The maximum Gasteiger partial charge on any atom is 0.262 e. The summed E-state index contributed by atoms with van der Waals surface area (Å²) in [4.78, 5) is 34.9. The normalized spacial score (nSPS) is 12.5. The van der Waals surface area contributed by atoms with Crippen LogP contribution < -0.4 is 20.7 Å². The molecule has 3 amide bonds. The Bertz CT molecular complexity index is 859. The molecule has 0 aliphatic carbocycles. The summed E-state index contributed by atoms with van der Waals surface area (Å²) in [6.45, 7) is 3.18. The molecule has 128 valence electrons. The van der Waals surface area contributed by atoms with E-state index in [2.05, 4.69) is 16.0 Å². The second kappa shape index (κ2) is 6.64. The Hall–Kier alpha value is -3.35. The van der Waals surface area contributed by atoms with Crippen molar-refractivity contribution in [1.82, 2.24) is 0 Å². The summed E-state index contributed by atoms with van der Waals surface area (Å²) >= 11 is 0. The predicted molar refractivity (Wildman–Crippen MR) is 94.0 cm³/mol. The lowest BCUT2D eigenvalue weighted by molar-refractivity contribution is -0.118. The van der Waals surface area contributed by atoms with Gasteiger partial charge in [-0.2, -0.15) is 0 Å². The van der Waals surface area contributed by atoms with Crippen LogP contribution in [0.3, 0.4) is 0 Å². The molecule has 1 heterocycles. The molecule has 0 fully saturated rings. The number of amides is 3. The number of aryl methyl sites for hydroxylation is 1. The van der Waals surface area contributed by atoms with E-state index in [0.29, 0.717) is 28.4 Å². The molecule has 25 heavy (non-hydrogen) atoms. The van der Waals surface area contributed by atoms with Crippen LogP contribution in [0.1, 0.15) is 22.8 Å². The van der Waals surface area contributed by atoms with Gasteiger partial charge in [0.25, 0.3) is 11.8 Å². The molecule has 0 unspecified atom stereocenters. The van der Waals surface area contributed by atoms with Crippen LogP contribution in [0, 0.1) is 6.92 Å². The van der Waals surface area contributed by atoms with Gasteiger partial charge in [0.15, 0.2) is 12.4 Å². The summed E-state index contributed by atoms with van der Waals surface area (Å²) in [5, 5.41) is 8.17. The third kappa shape index (κ3) is 3.77. The van der Waals surface area contributed by atoms with Crippen LogP contribution in [-0.2, 0) is 9.59 Å². The summed E-state index contributed by atoms with van der Waals surface area (Å²) in [5.74, 6) is -0.289. The lowest BCUT2D eigenvalue weighted by Gasteiger charge is -2.21. The monoisotopic (exact) mass is 339 g/mol. The van der Waals surface area contributed by atoms with E-state index in [1.54, 1.807) is 36.4 Å². The standard InChI is InChI=1S/C18H17N3O4/c1-10-7-14-17(25-9-16(23)20-14)15(8-10)21-18(24)12-3-5-13(6-4-12)19-11(2)22/h3-8H,9H2,1-2H3,(H,19,22)(H,20,23)(H,21,24). The predicted octanol–water partition coefficient (Wildman–Crippen LogP) is 2.54. The van der Waals surface area contributed by atoms with Gasteiger partial charge in [-0.25, -0.2) is 0 Å². The summed E-state index contributed by atoms with van der Waals surface area (Å²) in [6.07, 6.45) is 0. The van der Waals surface area contributed by atoms with Crippen molar-refractivity contribution in [2.75, 3.05) is 22.6 Å². The van der Waals surface area contributed by atoms with Crippen LogP contribution in [0.25, 0.3) is 0 Å². The van der Waals surface area contributed by atoms with E-state index >= 15 is 0 Å². The van der Waals surface area contributed by atoms with E-state index < -0.39 is 0 Å². The van der Waals surface area contributed by atoms with Crippen molar-refractivity contribution < 1.29 is 19.1 Å². The van der Waals surface area contributed by atoms with E-state index in [-0.39, 0.29) is 24.3 Å². The van der Waals surface area contributed by atoms with Crippen LogP contribution in [0.2, 0.25) is 0 Å². The molecule has 0 aromatic heterocycles. The fourth-order valence-corrected chi connectivity index (χ4v) is 2.54. The highest BCUT2D eigenvalue weighted by molar-refractivity contribution is 6.07. The van der Waals surface area contributed by atoms with Crippen LogP contribution in [-0.4, -0.2) is 24.3 Å². The number of benzene rings is 2. The fraction of sp³-hybridized carbons (Fsp3) is 0.167. The molecule has 0 bridgehead atoms. The first-order chi connectivity index (χ1) is 11.9. The third-order valence-electron chi connectivity index (χ3n) is 3.57. The van der Waals surface area contributed by atoms with Crippen molar-refractivity contribution in [1.29, 1.82) is 0 Å². The molecule has 3 rings (SSSR count). The van der Waals surface area contributed by atoms with Crippen molar-refractivity contribution in [2.45, 2.75) is 13.8 Å². The topological polar surface area (TPSA) is 96.5 Å². The Kier molecular flexibility index (Phi) is 4.38. The number of fused-ring (bicyclic) bond motifs is 1. The molecule has 0 atom stereocenters. The van der Waals surface area contributed by atoms with E-state index in [4.69, 9.17) is 4.74 Å². The van der Waals surface area contributed by atoms with Gasteiger partial charge in [-0.15, -0.1) is 0 Å². The van der Waals surface area contributed by atoms with Gasteiger partial charge in [0, 0.05) is 18.2 Å². The van der Waals surface area contributed by atoms with Crippen LogP contribution in [0.15, 0.2) is 36.4 Å². The molecular weight excluding hydrogens is 322 g/mol. The van der Waals surface area contributed by atoms with Crippen LogP contribution >= 0.6 is 0 Å². The Labute approximate surface area is 144 Å². The fourth-order valence-electron chi connectivity index (χ4n) is 2.54. The van der Waals surface area contributed by atoms with Gasteiger partial charge in [0.1, 0.15) is 0 Å². The first-order valence-corrected chi connectivity index (χ1v) is 7.68. The van der Waals surface area contributed by atoms with E-state index in [0.717, 1.165) is 5.56 Å². The maximum atomic E-state index is 12.5. The Morgan fingerprint density at radius 3 is 2.52 bits per heavy atom. The molecule has 0 radical (unpaired) electrons. The molecule has 1 aliphatic heterocycles. The van der Waals surface area contributed by atoms with Gasteiger partial charge in [0.2, 0.25) is 5.91 Å². The minimum Gasteiger partial charge on any atom is -0.479 e. The zero-order valence-corrected chi connectivity index (χ0v) is 13.8. The number of hydrogen-bond acceptors (Lipinski definition) is 4. The molecule has 3 N–H and O–H groups in total. The second-order valence-electron chi connectivity index (χ2n) is 5.74. The molecule has 0 saturated carbocycles. The molecule has 1 aliphatic rings. The lowest BCUT2D eigenvalue weighted by atomic mass is 10.1. The van der Waals surface area contributed by atoms with Gasteiger partial charge in [-0.1, -0.05) is 0 Å². The van der Waals surface area contributed by atoms with Gasteiger partial charge >= 0.3 is 0 Å². The number of carbonyl (C=O) groups is 3. The van der Waals surface area contributed by atoms with Gasteiger partial charge in [-0.05, 0) is 48.9 Å². The molecule has 7 nitrogen and oxygen atoms in total. The lowest BCUT2D eigenvalue weighted by Crippen LogP contribution is -2.26. The number of anilines is 3. The first-order valence-electron chi connectivity index (χ1n) is 7.68.